The van der Waals surface area contributed by atoms with Crippen LogP contribution in [0.1, 0.15) is 48.2 Å². The number of nitrogens with zero attached hydrogens (tertiary/aromatic N) is 1. The van der Waals surface area contributed by atoms with Gasteiger partial charge in [-0.15, -0.1) is 0 Å². The molecule has 5 heteroatoms. The summed E-state index contributed by atoms with van der Waals surface area (Å²) in [5, 5.41) is 12.1. The molecule has 0 spiro atoms. The average Bonchev–Trinajstić information content (AvgIpc) is 3.17. The first kappa shape index (κ1) is 13.9. The lowest BCUT2D eigenvalue weighted by Crippen LogP contribution is -2.49. The average molecular weight is 288 g/mol. The molecule has 1 aromatic rings. The number of amides is 2. The Balaban J connectivity index is 1.69. The van der Waals surface area contributed by atoms with Gasteiger partial charge in [0.1, 0.15) is 0 Å². The Morgan fingerprint density at radius 2 is 1.90 bits per heavy atom. The van der Waals surface area contributed by atoms with E-state index in [0.29, 0.717) is 19.0 Å². The molecule has 2 amide bonds. The van der Waals surface area contributed by atoms with Crippen LogP contribution in [0.2, 0.25) is 0 Å². The number of urea groups is 1. The molecule has 0 aromatic heterocycles. The van der Waals surface area contributed by atoms with Crippen molar-refractivity contribution in [2.75, 3.05) is 0 Å². The third-order valence-electron chi connectivity index (χ3n) is 4.49. The van der Waals surface area contributed by atoms with Gasteiger partial charge in [0.25, 0.3) is 0 Å². The van der Waals surface area contributed by atoms with Crippen LogP contribution >= 0.6 is 0 Å². The number of hydrogen-bond donors (Lipinski definition) is 2. The van der Waals surface area contributed by atoms with Crippen molar-refractivity contribution in [2.45, 2.75) is 45.3 Å². The quantitative estimate of drug-likeness (QED) is 0.898. The SMILES string of the molecule is CC(C)(NC(=O)N1Cc2ccc(C(=O)O)cc2C1)C1CC1. The first-order valence-electron chi connectivity index (χ1n) is 7.29. The highest BCUT2D eigenvalue weighted by Gasteiger charge is 2.40. The predicted octanol–water partition coefficient (Wildman–Crippen LogP) is 2.60. The molecule has 5 nitrogen and oxygen atoms in total. The van der Waals surface area contributed by atoms with Crippen molar-refractivity contribution >= 4 is 12.0 Å². The van der Waals surface area contributed by atoms with Crippen LogP contribution in [0, 0.1) is 5.92 Å². The zero-order valence-corrected chi connectivity index (χ0v) is 12.3. The molecule has 0 unspecified atom stereocenters. The third kappa shape index (κ3) is 2.73. The molecular weight excluding hydrogens is 268 g/mol. The summed E-state index contributed by atoms with van der Waals surface area (Å²) in [6, 6.07) is 4.99. The Kier molecular flexibility index (Phi) is 3.15. The fraction of sp³-hybridized carbons (Fsp3) is 0.500. The minimum atomic E-state index is -0.935. The highest BCUT2D eigenvalue weighted by Crippen LogP contribution is 2.39. The van der Waals surface area contributed by atoms with Crippen molar-refractivity contribution in [3.63, 3.8) is 0 Å². The number of carbonyl (C=O) groups excluding carboxylic acids is 1. The number of carbonyl (C=O) groups is 2. The van der Waals surface area contributed by atoms with Gasteiger partial charge in [0.15, 0.2) is 0 Å². The number of hydrogen-bond acceptors (Lipinski definition) is 2. The summed E-state index contributed by atoms with van der Waals surface area (Å²) in [6.07, 6.45) is 2.35. The zero-order valence-electron chi connectivity index (χ0n) is 12.3. The smallest absolute Gasteiger partial charge is 0.335 e. The second-order valence-electron chi connectivity index (χ2n) is 6.57. The Bertz CT molecular complexity index is 606. The summed E-state index contributed by atoms with van der Waals surface area (Å²) in [6.45, 7) is 5.15. The predicted molar refractivity (Wildman–Crippen MR) is 78.0 cm³/mol. The number of rotatable bonds is 3. The highest BCUT2D eigenvalue weighted by molar-refractivity contribution is 5.88. The minimum Gasteiger partial charge on any atom is -0.478 e. The standard InChI is InChI=1S/C16H20N2O3/c1-16(2,13-5-6-13)17-15(21)18-8-11-4-3-10(14(19)20)7-12(11)9-18/h3-4,7,13H,5-6,8-9H2,1-2H3,(H,17,21)(H,19,20). The van der Waals surface area contributed by atoms with Crippen LogP contribution in [-0.4, -0.2) is 27.5 Å². The molecule has 112 valence electrons. The molecule has 0 bridgehead atoms. The summed E-state index contributed by atoms with van der Waals surface area (Å²) in [7, 11) is 0. The van der Waals surface area contributed by atoms with Gasteiger partial charge in [-0.2, -0.15) is 0 Å². The molecule has 1 aliphatic heterocycles. The molecule has 0 radical (unpaired) electrons. The van der Waals surface area contributed by atoms with Gasteiger partial charge in [-0.1, -0.05) is 6.07 Å². The van der Waals surface area contributed by atoms with Crippen LogP contribution in [0.25, 0.3) is 0 Å². The summed E-state index contributed by atoms with van der Waals surface area (Å²) in [5.74, 6) is -0.361. The van der Waals surface area contributed by atoms with E-state index < -0.39 is 5.97 Å². The van der Waals surface area contributed by atoms with E-state index in [1.807, 2.05) is 0 Å². The van der Waals surface area contributed by atoms with Crippen molar-refractivity contribution in [3.8, 4) is 0 Å². The summed E-state index contributed by atoms with van der Waals surface area (Å²) < 4.78 is 0. The van der Waals surface area contributed by atoms with Gasteiger partial charge in [-0.25, -0.2) is 9.59 Å². The molecule has 2 aliphatic rings. The van der Waals surface area contributed by atoms with Gasteiger partial charge in [-0.3, -0.25) is 0 Å². The number of nitrogens with one attached hydrogen (secondary N) is 1. The molecule has 1 heterocycles. The lowest BCUT2D eigenvalue weighted by Gasteiger charge is -2.29. The molecule has 0 atom stereocenters. The number of aromatic carboxylic acids is 1. The summed E-state index contributed by atoms with van der Waals surface area (Å²) in [4.78, 5) is 25.1. The largest absolute Gasteiger partial charge is 0.478 e. The zero-order chi connectivity index (χ0) is 15.2. The van der Waals surface area contributed by atoms with Crippen molar-refractivity contribution in [1.82, 2.24) is 10.2 Å². The van der Waals surface area contributed by atoms with Crippen LogP contribution < -0.4 is 5.32 Å². The maximum atomic E-state index is 12.4. The summed E-state index contributed by atoms with van der Waals surface area (Å²) >= 11 is 0. The van der Waals surface area contributed by atoms with Crippen LogP contribution in [0.15, 0.2) is 18.2 Å². The maximum absolute atomic E-state index is 12.4. The van der Waals surface area contributed by atoms with E-state index in [1.165, 1.54) is 12.8 Å². The Hall–Kier alpha value is -2.04. The fourth-order valence-corrected chi connectivity index (χ4v) is 2.93. The second kappa shape index (κ2) is 4.76. The first-order valence-corrected chi connectivity index (χ1v) is 7.29. The minimum absolute atomic E-state index is 0.0695. The third-order valence-corrected chi connectivity index (χ3v) is 4.49. The normalized spacial score (nSPS) is 17.5. The first-order chi connectivity index (χ1) is 9.87. The Morgan fingerprint density at radius 3 is 2.52 bits per heavy atom. The number of carboxylic acid groups (broad SMARTS) is 1. The molecule has 1 fully saturated rings. The molecule has 0 saturated heterocycles. The molecule has 1 aliphatic carbocycles. The van der Waals surface area contributed by atoms with Gasteiger partial charge in [-0.05, 0) is 55.9 Å². The van der Waals surface area contributed by atoms with E-state index in [2.05, 4.69) is 19.2 Å². The maximum Gasteiger partial charge on any atom is 0.335 e. The van der Waals surface area contributed by atoms with E-state index in [0.717, 1.165) is 11.1 Å². The van der Waals surface area contributed by atoms with Gasteiger partial charge in [0, 0.05) is 18.6 Å². The van der Waals surface area contributed by atoms with Gasteiger partial charge in [0.2, 0.25) is 0 Å². The fourth-order valence-electron chi connectivity index (χ4n) is 2.93. The number of carboxylic acids is 1. The van der Waals surface area contributed by atoms with Gasteiger partial charge in [0.05, 0.1) is 5.56 Å². The molecule has 1 saturated carbocycles. The van der Waals surface area contributed by atoms with Gasteiger partial charge < -0.3 is 15.3 Å². The second-order valence-corrected chi connectivity index (χ2v) is 6.57. The van der Waals surface area contributed by atoms with Gasteiger partial charge >= 0.3 is 12.0 Å². The number of benzene rings is 1. The van der Waals surface area contributed by atoms with Crippen LogP contribution in [-0.2, 0) is 13.1 Å². The van der Waals surface area contributed by atoms with Crippen LogP contribution in [0.5, 0.6) is 0 Å². The Morgan fingerprint density at radius 1 is 1.24 bits per heavy atom. The van der Waals surface area contributed by atoms with Crippen molar-refractivity contribution < 1.29 is 14.7 Å². The van der Waals surface area contributed by atoms with E-state index in [1.54, 1.807) is 23.1 Å². The monoisotopic (exact) mass is 288 g/mol. The van der Waals surface area contributed by atoms with E-state index in [-0.39, 0.29) is 17.1 Å². The summed E-state index contributed by atoms with van der Waals surface area (Å²) in [5.41, 5.74) is 2.06. The van der Waals surface area contributed by atoms with Crippen molar-refractivity contribution in [3.05, 3.63) is 34.9 Å². The molecular formula is C16H20N2O3. The highest BCUT2D eigenvalue weighted by atomic mass is 16.4. The lowest BCUT2D eigenvalue weighted by atomic mass is 9.99. The van der Waals surface area contributed by atoms with Crippen molar-refractivity contribution in [2.24, 2.45) is 5.92 Å². The number of fused-ring (bicyclic) bond motifs is 1. The molecule has 2 N–H and O–H groups in total. The van der Waals surface area contributed by atoms with E-state index in [4.69, 9.17) is 5.11 Å². The van der Waals surface area contributed by atoms with E-state index >= 15 is 0 Å². The molecule has 1 aromatic carbocycles. The van der Waals surface area contributed by atoms with Crippen LogP contribution in [0.4, 0.5) is 4.79 Å². The molecule has 21 heavy (non-hydrogen) atoms. The van der Waals surface area contributed by atoms with Crippen LogP contribution in [0.3, 0.4) is 0 Å². The molecule has 3 rings (SSSR count). The van der Waals surface area contributed by atoms with Crippen molar-refractivity contribution in [1.29, 1.82) is 0 Å². The Labute approximate surface area is 123 Å². The van der Waals surface area contributed by atoms with E-state index in [9.17, 15) is 9.59 Å². The lowest BCUT2D eigenvalue weighted by molar-refractivity contribution is 0.0696. The topological polar surface area (TPSA) is 69.6 Å².